The third-order valence-corrected chi connectivity index (χ3v) is 3.66. The van der Waals surface area contributed by atoms with Crippen LogP contribution in [0.15, 0.2) is 22.7 Å². The van der Waals surface area contributed by atoms with Gasteiger partial charge in [-0.25, -0.2) is 0 Å². The third kappa shape index (κ3) is 1.55. The van der Waals surface area contributed by atoms with Crippen LogP contribution < -0.4 is 5.73 Å². The third-order valence-electron chi connectivity index (χ3n) is 3.00. The van der Waals surface area contributed by atoms with Gasteiger partial charge in [0.05, 0.1) is 0 Å². The predicted molar refractivity (Wildman–Crippen MR) is 60.4 cm³/mol. The molecule has 1 aromatic rings. The van der Waals surface area contributed by atoms with Gasteiger partial charge in [-0.05, 0) is 37.9 Å². The van der Waals surface area contributed by atoms with E-state index in [0.29, 0.717) is 12.3 Å². The molecule has 0 radical (unpaired) electrons. The molecule has 1 saturated carbocycles. The minimum Gasteiger partial charge on any atom is -0.508 e. The van der Waals surface area contributed by atoms with Gasteiger partial charge in [-0.15, -0.1) is 0 Å². The number of hydrogen-bond donors (Lipinski definition) is 2. The van der Waals surface area contributed by atoms with E-state index in [-0.39, 0.29) is 5.41 Å². The number of benzene rings is 1. The molecule has 0 unspecified atom stereocenters. The Morgan fingerprint density at radius 3 is 2.64 bits per heavy atom. The zero-order valence-electron chi connectivity index (χ0n) is 7.96. The summed E-state index contributed by atoms with van der Waals surface area (Å²) in [5.74, 6) is 0.394. The first-order valence-corrected chi connectivity index (χ1v) is 5.67. The van der Waals surface area contributed by atoms with E-state index in [1.54, 1.807) is 6.07 Å². The average Bonchev–Trinajstić information content (AvgIpc) is 2.86. The van der Waals surface area contributed by atoms with Gasteiger partial charge < -0.3 is 10.8 Å². The topological polar surface area (TPSA) is 46.2 Å². The molecule has 1 aliphatic carbocycles. The first-order chi connectivity index (χ1) is 6.69. The number of phenols is 1. The fourth-order valence-corrected chi connectivity index (χ4v) is 2.87. The average molecular weight is 256 g/mol. The number of hydrogen-bond acceptors (Lipinski definition) is 2. The van der Waals surface area contributed by atoms with E-state index < -0.39 is 0 Å². The second-order valence-corrected chi connectivity index (χ2v) is 4.81. The first kappa shape index (κ1) is 9.99. The molecule has 1 fully saturated rings. The second kappa shape index (κ2) is 3.55. The molecule has 3 N–H and O–H groups in total. The maximum absolute atomic E-state index is 9.82. The fourth-order valence-electron chi connectivity index (χ4n) is 2.09. The lowest BCUT2D eigenvalue weighted by Gasteiger charge is -2.17. The molecule has 0 amide bonds. The highest BCUT2D eigenvalue weighted by Crippen LogP contribution is 2.55. The standard InChI is InChI=1S/C11H14BrNO/c12-8-2-1-3-9(14)10(8)11(4-5-11)6-7-13/h1-3,14H,4-7,13H2. The number of nitrogens with two attached hydrogens (primary N) is 1. The van der Waals surface area contributed by atoms with Crippen molar-refractivity contribution in [2.45, 2.75) is 24.7 Å². The smallest absolute Gasteiger partial charge is 0.120 e. The Hall–Kier alpha value is -0.540. The largest absolute Gasteiger partial charge is 0.508 e. The maximum atomic E-state index is 9.82. The van der Waals surface area contributed by atoms with Gasteiger partial charge in [0.15, 0.2) is 0 Å². The molecular formula is C11H14BrNO. The molecule has 0 saturated heterocycles. The Morgan fingerprint density at radius 1 is 1.43 bits per heavy atom. The monoisotopic (exact) mass is 255 g/mol. The van der Waals surface area contributed by atoms with Crippen LogP contribution in [0.4, 0.5) is 0 Å². The number of aromatic hydroxyl groups is 1. The molecule has 2 nitrogen and oxygen atoms in total. The first-order valence-electron chi connectivity index (χ1n) is 4.88. The van der Waals surface area contributed by atoms with Gasteiger partial charge in [0.25, 0.3) is 0 Å². The molecule has 76 valence electrons. The Balaban J connectivity index is 2.40. The zero-order chi connectivity index (χ0) is 10.2. The van der Waals surface area contributed by atoms with Crippen molar-refractivity contribution in [3.63, 3.8) is 0 Å². The van der Waals surface area contributed by atoms with E-state index in [9.17, 15) is 5.11 Å². The maximum Gasteiger partial charge on any atom is 0.120 e. The second-order valence-electron chi connectivity index (χ2n) is 3.95. The zero-order valence-corrected chi connectivity index (χ0v) is 9.55. The van der Waals surface area contributed by atoms with Crippen molar-refractivity contribution >= 4 is 15.9 Å². The van der Waals surface area contributed by atoms with Crippen LogP contribution in [0.1, 0.15) is 24.8 Å². The summed E-state index contributed by atoms with van der Waals surface area (Å²) in [5.41, 5.74) is 6.79. The van der Waals surface area contributed by atoms with Gasteiger partial charge in [-0.3, -0.25) is 0 Å². The van der Waals surface area contributed by atoms with Gasteiger partial charge in [0, 0.05) is 15.5 Å². The van der Waals surface area contributed by atoms with Crippen molar-refractivity contribution in [2.24, 2.45) is 5.73 Å². The summed E-state index contributed by atoms with van der Waals surface area (Å²) in [4.78, 5) is 0. The van der Waals surface area contributed by atoms with Crippen LogP contribution in [0.25, 0.3) is 0 Å². The molecule has 0 aromatic heterocycles. The molecule has 3 heteroatoms. The van der Waals surface area contributed by atoms with Crippen LogP contribution in [0.5, 0.6) is 5.75 Å². The minimum absolute atomic E-state index is 0.152. The normalized spacial score (nSPS) is 18.1. The summed E-state index contributed by atoms with van der Waals surface area (Å²) in [6, 6.07) is 5.57. The molecule has 0 spiro atoms. The summed E-state index contributed by atoms with van der Waals surface area (Å²) in [6.07, 6.45) is 3.24. The molecule has 1 aromatic carbocycles. The van der Waals surface area contributed by atoms with Gasteiger partial charge in [-0.2, -0.15) is 0 Å². The van der Waals surface area contributed by atoms with Crippen molar-refractivity contribution in [1.29, 1.82) is 0 Å². The molecule has 0 aliphatic heterocycles. The van der Waals surface area contributed by atoms with Crippen LogP contribution >= 0.6 is 15.9 Å². The summed E-state index contributed by atoms with van der Waals surface area (Å²) < 4.78 is 1.00. The van der Waals surface area contributed by atoms with E-state index in [4.69, 9.17) is 5.73 Å². The highest BCUT2D eigenvalue weighted by molar-refractivity contribution is 9.10. The van der Waals surface area contributed by atoms with Crippen molar-refractivity contribution in [1.82, 2.24) is 0 Å². The molecule has 1 aliphatic rings. The van der Waals surface area contributed by atoms with Gasteiger partial charge in [0.2, 0.25) is 0 Å². The predicted octanol–water partition coefficient (Wildman–Crippen LogP) is 2.54. The lowest BCUT2D eigenvalue weighted by atomic mass is 9.92. The summed E-state index contributed by atoms with van der Waals surface area (Å²) >= 11 is 3.49. The molecule has 0 atom stereocenters. The summed E-state index contributed by atoms with van der Waals surface area (Å²) in [6.45, 7) is 0.681. The molecule has 0 bridgehead atoms. The SMILES string of the molecule is NCCC1(c2c(O)cccc2Br)CC1. The van der Waals surface area contributed by atoms with Crippen LogP contribution in [-0.2, 0) is 5.41 Å². The summed E-state index contributed by atoms with van der Waals surface area (Å²) in [5, 5.41) is 9.82. The highest BCUT2D eigenvalue weighted by Gasteiger charge is 2.46. The lowest BCUT2D eigenvalue weighted by molar-refractivity contribution is 0.454. The van der Waals surface area contributed by atoms with E-state index in [2.05, 4.69) is 15.9 Å². The van der Waals surface area contributed by atoms with Crippen molar-refractivity contribution < 1.29 is 5.11 Å². The van der Waals surface area contributed by atoms with Crippen LogP contribution in [0.2, 0.25) is 0 Å². The number of phenolic OH excluding ortho intramolecular Hbond substituents is 1. The molecular weight excluding hydrogens is 242 g/mol. The van der Waals surface area contributed by atoms with Crippen LogP contribution in [-0.4, -0.2) is 11.7 Å². The molecule has 14 heavy (non-hydrogen) atoms. The Morgan fingerprint density at radius 2 is 2.14 bits per heavy atom. The van der Waals surface area contributed by atoms with Crippen LogP contribution in [0, 0.1) is 0 Å². The Labute approximate surface area is 92.3 Å². The van der Waals surface area contributed by atoms with Crippen LogP contribution in [0.3, 0.4) is 0 Å². The minimum atomic E-state index is 0.152. The van der Waals surface area contributed by atoms with E-state index in [1.165, 1.54) is 0 Å². The van der Waals surface area contributed by atoms with E-state index in [0.717, 1.165) is 29.3 Å². The Bertz CT molecular complexity index is 327. The van der Waals surface area contributed by atoms with Gasteiger partial charge in [-0.1, -0.05) is 22.0 Å². The Kier molecular flexibility index (Phi) is 2.54. The molecule has 2 rings (SSSR count). The fraction of sp³-hybridized carbons (Fsp3) is 0.455. The highest BCUT2D eigenvalue weighted by atomic mass is 79.9. The molecule has 0 heterocycles. The van der Waals surface area contributed by atoms with E-state index >= 15 is 0 Å². The number of halogens is 1. The lowest BCUT2D eigenvalue weighted by Crippen LogP contribution is -2.14. The quantitative estimate of drug-likeness (QED) is 0.872. The van der Waals surface area contributed by atoms with Crippen molar-refractivity contribution in [2.75, 3.05) is 6.54 Å². The van der Waals surface area contributed by atoms with E-state index in [1.807, 2.05) is 12.1 Å². The summed E-state index contributed by atoms with van der Waals surface area (Å²) in [7, 11) is 0. The van der Waals surface area contributed by atoms with Crippen molar-refractivity contribution in [3.8, 4) is 5.75 Å². The van der Waals surface area contributed by atoms with Crippen molar-refractivity contribution in [3.05, 3.63) is 28.2 Å². The number of rotatable bonds is 3. The van der Waals surface area contributed by atoms with Gasteiger partial charge in [0.1, 0.15) is 5.75 Å². The van der Waals surface area contributed by atoms with Gasteiger partial charge >= 0.3 is 0 Å².